The van der Waals surface area contributed by atoms with E-state index in [1.54, 1.807) is 0 Å². The van der Waals surface area contributed by atoms with Crippen molar-refractivity contribution < 1.29 is 0 Å². The van der Waals surface area contributed by atoms with Gasteiger partial charge in [-0.3, -0.25) is 4.99 Å². The largest absolute Gasteiger partial charge is 0.354 e. The topological polar surface area (TPSA) is 27.6 Å². The van der Waals surface area contributed by atoms with Gasteiger partial charge in [0.05, 0.1) is 0 Å². The Kier molecular flexibility index (Phi) is 3.38. The van der Waals surface area contributed by atoms with Gasteiger partial charge in [0, 0.05) is 27.2 Å². The molecule has 70 valence electrons. The van der Waals surface area contributed by atoms with Crippen molar-refractivity contribution in [3.8, 4) is 0 Å². The molecule has 0 heterocycles. The first-order valence-corrected chi connectivity index (χ1v) is 4.64. The molecule has 1 rings (SSSR count). The van der Waals surface area contributed by atoms with Crippen LogP contribution in [0, 0.1) is 0 Å². The normalized spacial score (nSPS) is 19.8. The molecule has 0 spiro atoms. The Bertz CT molecular complexity index is 157. The molecule has 0 atom stereocenters. The van der Waals surface area contributed by atoms with Gasteiger partial charge in [-0.1, -0.05) is 12.8 Å². The van der Waals surface area contributed by atoms with Crippen LogP contribution in [-0.2, 0) is 0 Å². The van der Waals surface area contributed by atoms with E-state index in [1.165, 1.54) is 25.7 Å². The molecule has 0 amide bonds. The van der Waals surface area contributed by atoms with Crippen molar-refractivity contribution in [2.45, 2.75) is 31.7 Å². The monoisotopic (exact) mass is 169 g/mol. The van der Waals surface area contributed by atoms with E-state index in [2.05, 4.69) is 10.3 Å². The Morgan fingerprint density at radius 2 is 1.92 bits per heavy atom. The standard InChI is InChI=1S/C9H19N3/c1-10-9(12(2)3)11-8-6-4-5-7-8/h8H,4-7H2,1-3H3,(H,10,11). The zero-order valence-electron chi connectivity index (χ0n) is 8.30. The second-order valence-corrected chi connectivity index (χ2v) is 3.57. The van der Waals surface area contributed by atoms with E-state index in [0.717, 1.165) is 5.96 Å². The lowest BCUT2D eigenvalue weighted by Crippen LogP contribution is -2.41. The lowest BCUT2D eigenvalue weighted by molar-refractivity contribution is 0.535. The molecular weight excluding hydrogens is 150 g/mol. The van der Waals surface area contributed by atoms with Crippen molar-refractivity contribution in [1.82, 2.24) is 10.2 Å². The first-order chi connectivity index (χ1) is 5.74. The molecule has 3 heteroatoms. The summed E-state index contributed by atoms with van der Waals surface area (Å²) in [7, 11) is 5.87. The molecule has 12 heavy (non-hydrogen) atoms. The van der Waals surface area contributed by atoms with Crippen molar-refractivity contribution in [2.24, 2.45) is 4.99 Å². The van der Waals surface area contributed by atoms with Gasteiger partial charge in [-0.15, -0.1) is 0 Å². The van der Waals surface area contributed by atoms with Gasteiger partial charge in [-0.25, -0.2) is 0 Å². The van der Waals surface area contributed by atoms with Crippen molar-refractivity contribution in [1.29, 1.82) is 0 Å². The van der Waals surface area contributed by atoms with Gasteiger partial charge in [0.2, 0.25) is 0 Å². The van der Waals surface area contributed by atoms with Crippen LogP contribution in [0.2, 0.25) is 0 Å². The zero-order chi connectivity index (χ0) is 8.97. The Labute approximate surface area is 74.9 Å². The molecular formula is C9H19N3. The summed E-state index contributed by atoms with van der Waals surface area (Å²) in [5, 5.41) is 3.44. The van der Waals surface area contributed by atoms with E-state index in [4.69, 9.17) is 0 Å². The molecule has 1 N–H and O–H groups in total. The molecule has 0 bridgehead atoms. The van der Waals surface area contributed by atoms with E-state index in [-0.39, 0.29) is 0 Å². The number of rotatable bonds is 1. The van der Waals surface area contributed by atoms with Gasteiger partial charge in [0.25, 0.3) is 0 Å². The second kappa shape index (κ2) is 4.33. The molecule has 1 fully saturated rings. The van der Waals surface area contributed by atoms with E-state index < -0.39 is 0 Å². The van der Waals surface area contributed by atoms with Gasteiger partial charge >= 0.3 is 0 Å². The fraction of sp³-hybridized carbons (Fsp3) is 0.889. The molecule has 3 nitrogen and oxygen atoms in total. The number of aliphatic imine (C=N–C) groups is 1. The predicted molar refractivity (Wildman–Crippen MR) is 52.4 cm³/mol. The van der Waals surface area contributed by atoms with Crippen LogP contribution in [0.1, 0.15) is 25.7 Å². The fourth-order valence-electron chi connectivity index (χ4n) is 1.65. The van der Waals surface area contributed by atoms with Crippen molar-refractivity contribution in [2.75, 3.05) is 21.1 Å². The number of nitrogens with one attached hydrogen (secondary N) is 1. The minimum Gasteiger partial charge on any atom is -0.354 e. The van der Waals surface area contributed by atoms with Gasteiger partial charge in [-0.2, -0.15) is 0 Å². The SMILES string of the molecule is CN=C(NC1CCCC1)N(C)C. The maximum atomic E-state index is 4.18. The third kappa shape index (κ3) is 2.40. The highest BCUT2D eigenvalue weighted by molar-refractivity contribution is 5.79. The van der Waals surface area contributed by atoms with Gasteiger partial charge in [-0.05, 0) is 12.8 Å². The summed E-state index contributed by atoms with van der Waals surface area (Å²) in [6.45, 7) is 0. The Balaban J connectivity index is 2.37. The van der Waals surface area contributed by atoms with Crippen LogP contribution in [0.15, 0.2) is 4.99 Å². The number of hydrogen-bond acceptors (Lipinski definition) is 1. The molecule has 1 aliphatic rings. The van der Waals surface area contributed by atoms with Gasteiger partial charge in [0.15, 0.2) is 5.96 Å². The molecule has 1 saturated carbocycles. The second-order valence-electron chi connectivity index (χ2n) is 3.57. The van der Waals surface area contributed by atoms with Crippen molar-refractivity contribution in [3.05, 3.63) is 0 Å². The first-order valence-electron chi connectivity index (χ1n) is 4.64. The van der Waals surface area contributed by atoms with Crippen molar-refractivity contribution in [3.63, 3.8) is 0 Å². The minimum atomic E-state index is 0.658. The van der Waals surface area contributed by atoms with Crippen molar-refractivity contribution >= 4 is 5.96 Å². The quantitative estimate of drug-likeness (QED) is 0.469. The predicted octanol–water partition coefficient (Wildman–Crippen LogP) is 1.07. The summed E-state index contributed by atoms with van der Waals surface area (Å²) in [5.41, 5.74) is 0. The Morgan fingerprint density at radius 3 is 2.33 bits per heavy atom. The van der Waals surface area contributed by atoms with Crippen LogP contribution in [0.3, 0.4) is 0 Å². The highest BCUT2D eigenvalue weighted by Gasteiger charge is 2.16. The highest BCUT2D eigenvalue weighted by atomic mass is 15.3. The van der Waals surface area contributed by atoms with E-state index in [1.807, 2.05) is 26.0 Å². The highest BCUT2D eigenvalue weighted by Crippen LogP contribution is 2.17. The van der Waals surface area contributed by atoms with Crippen LogP contribution < -0.4 is 5.32 Å². The first kappa shape index (κ1) is 9.36. The summed E-state index contributed by atoms with van der Waals surface area (Å²) in [5.74, 6) is 1.00. The van der Waals surface area contributed by atoms with E-state index in [0.29, 0.717) is 6.04 Å². The fourth-order valence-corrected chi connectivity index (χ4v) is 1.65. The molecule has 1 aliphatic carbocycles. The minimum absolute atomic E-state index is 0.658. The smallest absolute Gasteiger partial charge is 0.193 e. The molecule has 0 aromatic heterocycles. The third-order valence-corrected chi connectivity index (χ3v) is 2.32. The summed E-state index contributed by atoms with van der Waals surface area (Å²) in [6.07, 6.45) is 5.32. The summed E-state index contributed by atoms with van der Waals surface area (Å²) in [6, 6.07) is 0.658. The Morgan fingerprint density at radius 1 is 1.33 bits per heavy atom. The van der Waals surface area contributed by atoms with Crippen LogP contribution in [0.4, 0.5) is 0 Å². The lowest BCUT2D eigenvalue weighted by atomic mass is 10.2. The molecule has 0 aromatic rings. The molecule has 0 radical (unpaired) electrons. The van der Waals surface area contributed by atoms with Gasteiger partial charge in [0.1, 0.15) is 0 Å². The van der Waals surface area contributed by atoms with Crippen LogP contribution in [-0.4, -0.2) is 38.0 Å². The van der Waals surface area contributed by atoms with Crippen LogP contribution >= 0.6 is 0 Å². The summed E-state index contributed by atoms with van der Waals surface area (Å²) in [4.78, 5) is 6.21. The molecule has 0 aromatic carbocycles. The molecule has 0 saturated heterocycles. The van der Waals surface area contributed by atoms with Crippen LogP contribution in [0.5, 0.6) is 0 Å². The summed E-state index contributed by atoms with van der Waals surface area (Å²) < 4.78 is 0. The van der Waals surface area contributed by atoms with E-state index >= 15 is 0 Å². The third-order valence-electron chi connectivity index (χ3n) is 2.32. The zero-order valence-corrected chi connectivity index (χ0v) is 8.30. The lowest BCUT2D eigenvalue weighted by Gasteiger charge is -2.20. The Hall–Kier alpha value is -0.730. The van der Waals surface area contributed by atoms with Gasteiger partial charge < -0.3 is 10.2 Å². The maximum absolute atomic E-state index is 4.18. The average Bonchev–Trinajstić information content (AvgIpc) is 2.51. The van der Waals surface area contributed by atoms with Crippen LogP contribution in [0.25, 0.3) is 0 Å². The number of nitrogens with zero attached hydrogens (tertiary/aromatic N) is 2. The molecule has 0 aliphatic heterocycles. The maximum Gasteiger partial charge on any atom is 0.193 e. The number of hydrogen-bond donors (Lipinski definition) is 1. The average molecular weight is 169 g/mol. The number of guanidine groups is 1. The molecule has 0 unspecified atom stereocenters. The van der Waals surface area contributed by atoms with E-state index in [9.17, 15) is 0 Å². The summed E-state index contributed by atoms with van der Waals surface area (Å²) >= 11 is 0.